The summed E-state index contributed by atoms with van der Waals surface area (Å²) in [6.45, 7) is 6.75. The third kappa shape index (κ3) is 6.36. The minimum Gasteiger partial charge on any atom is -0.494 e. The molecule has 0 spiro atoms. The van der Waals surface area contributed by atoms with Gasteiger partial charge < -0.3 is 25.2 Å². The first-order valence-corrected chi connectivity index (χ1v) is 12.0. The maximum Gasteiger partial charge on any atom is 0.315 e. The Morgan fingerprint density at radius 2 is 1.91 bits per heavy atom. The van der Waals surface area contributed by atoms with Gasteiger partial charge in [0, 0.05) is 70.2 Å². The van der Waals surface area contributed by atoms with Crippen LogP contribution >= 0.6 is 0 Å². The molecule has 2 amide bonds. The van der Waals surface area contributed by atoms with Gasteiger partial charge in [-0.2, -0.15) is 0 Å². The molecule has 0 bridgehead atoms. The van der Waals surface area contributed by atoms with Gasteiger partial charge in [-0.05, 0) is 43.7 Å². The molecule has 8 nitrogen and oxygen atoms in total. The number of anilines is 1. The molecule has 0 atom stereocenters. The zero-order valence-electron chi connectivity index (χ0n) is 20.1. The molecule has 9 heteroatoms. The largest absolute Gasteiger partial charge is 0.494 e. The van der Waals surface area contributed by atoms with Crippen molar-refractivity contribution >= 4 is 11.8 Å². The van der Waals surface area contributed by atoms with Gasteiger partial charge in [0.15, 0.2) is 11.6 Å². The summed E-state index contributed by atoms with van der Waals surface area (Å²) >= 11 is 0. The molecule has 2 aromatic rings. The molecule has 34 heavy (non-hydrogen) atoms. The lowest BCUT2D eigenvalue weighted by Crippen LogP contribution is -2.48. The van der Waals surface area contributed by atoms with E-state index in [-0.39, 0.29) is 23.6 Å². The number of nitrogens with one attached hydrogen (secondary N) is 2. The van der Waals surface area contributed by atoms with E-state index in [4.69, 9.17) is 4.74 Å². The van der Waals surface area contributed by atoms with Crippen LogP contribution in [0.2, 0.25) is 0 Å². The van der Waals surface area contributed by atoms with E-state index in [1.807, 2.05) is 24.4 Å². The predicted octanol–water partition coefficient (Wildman–Crippen LogP) is 2.44. The van der Waals surface area contributed by atoms with Crippen LogP contribution in [0.3, 0.4) is 0 Å². The summed E-state index contributed by atoms with van der Waals surface area (Å²) < 4.78 is 18.9. The fraction of sp³-hybridized carbons (Fsp3) is 0.520. The first-order chi connectivity index (χ1) is 16.5. The molecular weight excluding hydrogens is 435 g/mol. The third-order valence-electron chi connectivity index (χ3n) is 6.65. The van der Waals surface area contributed by atoms with Crippen LogP contribution in [-0.4, -0.2) is 80.3 Å². The fourth-order valence-electron chi connectivity index (χ4n) is 4.59. The number of piperidine rings is 1. The number of halogens is 1. The van der Waals surface area contributed by atoms with Gasteiger partial charge >= 0.3 is 6.03 Å². The lowest BCUT2D eigenvalue weighted by molar-refractivity contribution is 0.186. The molecule has 1 aromatic heterocycles. The third-order valence-corrected chi connectivity index (χ3v) is 6.65. The Morgan fingerprint density at radius 3 is 2.62 bits per heavy atom. The van der Waals surface area contributed by atoms with Gasteiger partial charge in [-0.1, -0.05) is 12.1 Å². The number of hydrogen-bond donors (Lipinski definition) is 2. The highest BCUT2D eigenvalue weighted by Gasteiger charge is 2.22. The van der Waals surface area contributed by atoms with E-state index in [0.717, 1.165) is 69.1 Å². The number of rotatable bonds is 7. The highest BCUT2D eigenvalue weighted by Crippen LogP contribution is 2.21. The average molecular weight is 471 g/mol. The Morgan fingerprint density at radius 1 is 1.15 bits per heavy atom. The number of ether oxygens (including phenoxy) is 1. The Balaban J connectivity index is 1.21. The van der Waals surface area contributed by atoms with E-state index in [0.29, 0.717) is 13.1 Å². The minimum absolute atomic E-state index is 0.134. The molecule has 184 valence electrons. The quantitative estimate of drug-likeness (QED) is 0.648. The normalized spacial score (nSPS) is 18.0. The summed E-state index contributed by atoms with van der Waals surface area (Å²) in [6, 6.07) is 9.03. The number of hydrogen-bond acceptors (Lipinski definition) is 6. The number of carbonyl (C=O) groups excluding carboxylic acids is 1. The summed E-state index contributed by atoms with van der Waals surface area (Å²) in [4.78, 5) is 24.0. The van der Waals surface area contributed by atoms with Crippen LogP contribution < -0.4 is 20.3 Å². The van der Waals surface area contributed by atoms with Gasteiger partial charge in [-0.25, -0.2) is 14.2 Å². The predicted molar refractivity (Wildman–Crippen MR) is 131 cm³/mol. The number of benzene rings is 1. The van der Waals surface area contributed by atoms with Crippen LogP contribution in [0.15, 0.2) is 36.5 Å². The van der Waals surface area contributed by atoms with Gasteiger partial charge in [0.1, 0.15) is 5.82 Å². The van der Waals surface area contributed by atoms with Crippen LogP contribution in [0.4, 0.5) is 15.0 Å². The average Bonchev–Trinajstić information content (AvgIpc) is 2.85. The summed E-state index contributed by atoms with van der Waals surface area (Å²) in [5.41, 5.74) is 1.96. The number of urea groups is 1. The first kappa shape index (κ1) is 24.2. The maximum atomic E-state index is 13.9. The van der Waals surface area contributed by atoms with Crippen molar-refractivity contribution in [1.82, 2.24) is 25.4 Å². The van der Waals surface area contributed by atoms with Crippen molar-refractivity contribution in [3.05, 3.63) is 53.5 Å². The molecule has 2 N–H and O–H groups in total. The molecule has 0 aliphatic carbocycles. The number of methoxy groups -OCH3 is 1. The summed E-state index contributed by atoms with van der Waals surface area (Å²) in [5, 5.41) is 6.12. The van der Waals surface area contributed by atoms with E-state index >= 15 is 0 Å². The molecular formula is C25H35FN6O2. The molecule has 2 aliphatic heterocycles. The van der Waals surface area contributed by atoms with Crippen molar-refractivity contribution in [2.75, 3.05) is 58.3 Å². The standard InChI is InChI=1S/C25H35FN6O2/c1-30-12-14-32(15-13-30)24-20(4-3-9-27-24)17-28-25(33)29-21-7-10-31(11-8-21)18-19-5-6-23(34-2)22(26)16-19/h3-6,9,16,21H,7-8,10-15,17-18H2,1-2H3,(H2,28,29,33). The minimum atomic E-state index is -0.336. The second-order valence-corrected chi connectivity index (χ2v) is 9.12. The number of likely N-dealkylation sites (N-methyl/N-ethyl adjacent to an activating group) is 1. The Labute approximate surface area is 201 Å². The van der Waals surface area contributed by atoms with Gasteiger partial charge in [-0.3, -0.25) is 4.90 Å². The van der Waals surface area contributed by atoms with E-state index in [1.165, 1.54) is 13.2 Å². The molecule has 0 unspecified atom stereocenters. The monoisotopic (exact) mass is 470 g/mol. The van der Waals surface area contributed by atoms with Gasteiger partial charge in [0.05, 0.1) is 7.11 Å². The molecule has 0 saturated carbocycles. The number of likely N-dealkylation sites (tertiary alicyclic amines) is 1. The maximum absolute atomic E-state index is 13.9. The molecule has 3 heterocycles. The van der Waals surface area contributed by atoms with E-state index < -0.39 is 0 Å². The first-order valence-electron chi connectivity index (χ1n) is 12.0. The molecule has 4 rings (SSSR count). The SMILES string of the molecule is COc1ccc(CN2CCC(NC(=O)NCc3cccnc3N3CCN(C)CC3)CC2)cc1F. The van der Waals surface area contributed by atoms with E-state index in [1.54, 1.807) is 6.07 Å². The van der Waals surface area contributed by atoms with Crippen LogP contribution in [0.1, 0.15) is 24.0 Å². The Kier molecular flexibility index (Phi) is 8.18. The molecule has 2 aliphatic rings. The topological polar surface area (TPSA) is 73.0 Å². The highest BCUT2D eigenvalue weighted by atomic mass is 19.1. The lowest BCUT2D eigenvalue weighted by atomic mass is 10.0. The summed E-state index contributed by atoms with van der Waals surface area (Å²) in [5.74, 6) is 0.886. The van der Waals surface area contributed by atoms with E-state index in [2.05, 4.69) is 37.4 Å². The Hall–Kier alpha value is -2.91. The number of nitrogens with zero attached hydrogens (tertiary/aromatic N) is 4. The number of carbonyl (C=O) groups is 1. The fourth-order valence-corrected chi connectivity index (χ4v) is 4.59. The zero-order valence-corrected chi connectivity index (χ0v) is 20.1. The van der Waals surface area contributed by atoms with Crippen molar-refractivity contribution in [2.45, 2.75) is 32.0 Å². The Bertz CT molecular complexity index is 958. The van der Waals surface area contributed by atoms with Gasteiger partial charge in [0.25, 0.3) is 0 Å². The van der Waals surface area contributed by atoms with Crippen molar-refractivity contribution in [2.24, 2.45) is 0 Å². The van der Waals surface area contributed by atoms with Crippen LogP contribution in [0.5, 0.6) is 5.75 Å². The van der Waals surface area contributed by atoms with Crippen molar-refractivity contribution in [3.8, 4) is 5.75 Å². The van der Waals surface area contributed by atoms with Gasteiger partial charge in [-0.15, -0.1) is 0 Å². The second-order valence-electron chi connectivity index (χ2n) is 9.12. The van der Waals surface area contributed by atoms with E-state index in [9.17, 15) is 9.18 Å². The number of piperazine rings is 1. The zero-order chi connectivity index (χ0) is 23.9. The van der Waals surface area contributed by atoms with Crippen molar-refractivity contribution in [1.29, 1.82) is 0 Å². The number of pyridine rings is 1. The summed E-state index contributed by atoms with van der Waals surface area (Å²) in [6.07, 6.45) is 3.54. The smallest absolute Gasteiger partial charge is 0.315 e. The molecule has 0 radical (unpaired) electrons. The number of amides is 2. The van der Waals surface area contributed by atoms with Crippen LogP contribution in [-0.2, 0) is 13.1 Å². The number of aromatic nitrogens is 1. The van der Waals surface area contributed by atoms with Crippen LogP contribution in [0.25, 0.3) is 0 Å². The van der Waals surface area contributed by atoms with Gasteiger partial charge in [0.2, 0.25) is 0 Å². The second kappa shape index (κ2) is 11.5. The molecule has 2 fully saturated rings. The molecule has 1 aromatic carbocycles. The summed E-state index contributed by atoms with van der Waals surface area (Å²) in [7, 11) is 3.60. The van der Waals surface area contributed by atoms with Crippen LogP contribution in [0, 0.1) is 5.82 Å². The lowest BCUT2D eigenvalue weighted by Gasteiger charge is -2.34. The highest BCUT2D eigenvalue weighted by molar-refractivity contribution is 5.74. The van der Waals surface area contributed by atoms with Crippen molar-refractivity contribution < 1.29 is 13.9 Å². The van der Waals surface area contributed by atoms with Crippen molar-refractivity contribution in [3.63, 3.8) is 0 Å². The molecule has 2 saturated heterocycles.